The molecular weight excluding hydrogens is 289 g/mol. The van der Waals surface area contributed by atoms with Gasteiger partial charge in [-0.2, -0.15) is 0 Å². The van der Waals surface area contributed by atoms with Crippen LogP contribution >= 0.6 is 23.2 Å². The third-order valence-electron chi connectivity index (χ3n) is 3.64. The van der Waals surface area contributed by atoms with Gasteiger partial charge in [0.05, 0.1) is 0 Å². The van der Waals surface area contributed by atoms with E-state index in [1.165, 1.54) is 16.7 Å². The molecule has 1 unspecified atom stereocenters. The van der Waals surface area contributed by atoms with Gasteiger partial charge in [0.15, 0.2) is 0 Å². The first-order valence-electron chi connectivity index (χ1n) is 6.72. The highest BCUT2D eigenvalue weighted by Crippen LogP contribution is 2.26. The lowest BCUT2D eigenvalue weighted by Gasteiger charge is -2.17. The summed E-state index contributed by atoms with van der Waals surface area (Å²) in [6.45, 7) is 4.25. The summed E-state index contributed by atoms with van der Waals surface area (Å²) in [4.78, 5) is 0. The Kier molecular flexibility index (Phi) is 5.09. The van der Waals surface area contributed by atoms with Crippen molar-refractivity contribution >= 4 is 23.2 Å². The lowest BCUT2D eigenvalue weighted by Crippen LogP contribution is -2.26. The molecule has 0 saturated heterocycles. The van der Waals surface area contributed by atoms with Crippen LogP contribution in [0.25, 0.3) is 0 Å². The molecule has 0 spiro atoms. The van der Waals surface area contributed by atoms with E-state index in [1.807, 2.05) is 18.2 Å². The predicted octanol–water partition coefficient (Wildman–Crippen LogP) is 4.72. The molecule has 0 amide bonds. The summed E-state index contributed by atoms with van der Waals surface area (Å²) in [6.07, 6.45) is 1.52. The van der Waals surface area contributed by atoms with E-state index in [0.717, 1.165) is 12.0 Å². The Morgan fingerprint density at radius 3 is 1.85 bits per heavy atom. The molecule has 0 aliphatic heterocycles. The zero-order valence-corrected chi connectivity index (χ0v) is 13.3. The van der Waals surface area contributed by atoms with Gasteiger partial charge in [-0.05, 0) is 61.1 Å². The molecular formula is C17H19Cl2N. The maximum absolute atomic E-state index is 6.30. The molecule has 3 heteroatoms. The second-order valence-corrected chi connectivity index (χ2v) is 6.05. The molecule has 2 aromatic carbocycles. The number of hydrogen-bond donors (Lipinski definition) is 1. The summed E-state index contributed by atoms with van der Waals surface area (Å²) in [5.41, 5.74) is 11.1. The first kappa shape index (κ1) is 15.4. The van der Waals surface area contributed by atoms with Crippen LogP contribution in [0, 0.1) is 13.8 Å². The molecule has 1 atom stereocenters. The molecule has 106 valence electrons. The fraction of sp³-hybridized carbons (Fsp3) is 0.294. The van der Waals surface area contributed by atoms with Gasteiger partial charge in [0.1, 0.15) is 0 Å². The van der Waals surface area contributed by atoms with Gasteiger partial charge in [-0.3, -0.25) is 0 Å². The number of halogens is 2. The first-order valence-corrected chi connectivity index (χ1v) is 7.48. The van der Waals surface area contributed by atoms with Crippen molar-refractivity contribution in [1.29, 1.82) is 0 Å². The van der Waals surface area contributed by atoms with E-state index in [2.05, 4.69) is 32.0 Å². The smallest absolute Gasteiger partial charge is 0.0453 e. The molecule has 0 saturated carbocycles. The molecule has 0 bridgehead atoms. The molecule has 0 aliphatic carbocycles. The van der Waals surface area contributed by atoms with Crippen LogP contribution in [0.5, 0.6) is 0 Å². The van der Waals surface area contributed by atoms with Gasteiger partial charge in [-0.15, -0.1) is 0 Å². The first-order chi connectivity index (χ1) is 9.49. The van der Waals surface area contributed by atoms with Crippen LogP contribution in [0.2, 0.25) is 10.0 Å². The summed E-state index contributed by atoms with van der Waals surface area (Å²) in [6, 6.07) is 11.9. The Hall–Kier alpha value is -1.02. The Bertz CT molecular complexity index is 514. The van der Waals surface area contributed by atoms with Crippen molar-refractivity contribution < 1.29 is 0 Å². The highest BCUT2D eigenvalue weighted by molar-refractivity contribution is 6.36. The van der Waals surface area contributed by atoms with Crippen LogP contribution in [0.1, 0.15) is 22.3 Å². The Morgan fingerprint density at radius 2 is 1.30 bits per heavy atom. The number of nitrogens with two attached hydrogens (primary N) is 1. The minimum atomic E-state index is 0.00667. The number of aryl methyl sites for hydroxylation is 2. The van der Waals surface area contributed by atoms with E-state index in [0.29, 0.717) is 16.5 Å². The fourth-order valence-electron chi connectivity index (χ4n) is 2.49. The highest BCUT2D eigenvalue weighted by atomic mass is 35.5. The van der Waals surface area contributed by atoms with Gasteiger partial charge in [-0.1, -0.05) is 47.5 Å². The second-order valence-electron chi connectivity index (χ2n) is 5.24. The van der Waals surface area contributed by atoms with Crippen LogP contribution in [0.4, 0.5) is 0 Å². The van der Waals surface area contributed by atoms with Crippen molar-refractivity contribution in [3.05, 3.63) is 68.7 Å². The zero-order valence-electron chi connectivity index (χ0n) is 11.8. The van der Waals surface area contributed by atoms with E-state index in [4.69, 9.17) is 28.9 Å². The van der Waals surface area contributed by atoms with Gasteiger partial charge >= 0.3 is 0 Å². The molecule has 0 heterocycles. The zero-order chi connectivity index (χ0) is 14.7. The number of hydrogen-bond acceptors (Lipinski definition) is 1. The Morgan fingerprint density at radius 1 is 0.850 bits per heavy atom. The van der Waals surface area contributed by atoms with Crippen LogP contribution in [0.3, 0.4) is 0 Å². The average molecular weight is 308 g/mol. The number of rotatable bonds is 4. The molecule has 2 aromatic rings. The maximum Gasteiger partial charge on any atom is 0.0453 e. The van der Waals surface area contributed by atoms with Gasteiger partial charge in [0.2, 0.25) is 0 Å². The molecule has 1 nitrogen and oxygen atoms in total. The summed E-state index contributed by atoms with van der Waals surface area (Å²) >= 11 is 12.4. The molecule has 2 N–H and O–H groups in total. The van der Waals surface area contributed by atoms with E-state index in [-0.39, 0.29) is 6.04 Å². The minimum absolute atomic E-state index is 0.00667. The van der Waals surface area contributed by atoms with E-state index in [9.17, 15) is 0 Å². The van der Waals surface area contributed by atoms with Crippen LogP contribution in [-0.4, -0.2) is 6.04 Å². The van der Waals surface area contributed by atoms with Crippen molar-refractivity contribution in [2.45, 2.75) is 32.7 Å². The molecule has 20 heavy (non-hydrogen) atoms. The third kappa shape index (κ3) is 3.54. The Labute approximate surface area is 130 Å². The predicted molar refractivity (Wildman–Crippen MR) is 87.8 cm³/mol. The van der Waals surface area contributed by atoms with E-state index >= 15 is 0 Å². The maximum atomic E-state index is 6.30. The highest BCUT2D eigenvalue weighted by Gasteiger charge is 2.13. The van der Waals surface area contributed by atoms with Gasteiger partial charge in [0.25, 0.3) is 0 Å². The van der Waals surface area contributed by atoms with E-state index in [1.54, 1.807) is 0 Å². The van der Waals surface area contributed by atoms with Crippen LogP contribution < -0.4 is 5.73 Å². The van der Waals surface area contributed by atoms with Crippen molar-refractivity contribution in [3.8, 4) is 0 Å². The molecule has 0 aromatic heterocycles. The Balaban J connectivity index is 2.15. The molecule has 0 fully saturated rings. The minimum Gasteiger partial charge on any atom is -0.327 e. The summed E-state index contributed by atoms with van der Waals surface area (Å²) < 4.78 is 0. The standard InChI is InChI=1S/C17H19Cl2N/c1-11-5-3-6-12(2)14(11)9-13(20)10-15-16(18)7-4-8-17(15)19/h3-8,13H,9-10,20H2,1-2H3. The summed E-state index contributed by atoms with van der Waals surface area (Å²) in [5.74, 6) is 0. The molecule has 2 rings (SSSR count). The largest absolute Gasteiger partial charge is 0.327 e. The van der Waals surface area contributed by atoms with Gasteiger partial charge in [-0.25, -0.2) is 0 Å². The topological polar surface area (TPSA) is 26.0 Å². The normalized spacial score (nSPS) is 12.4. The monoisotopic (exact) mass is 307 g/mol. The lowest BCUT2D eigenvalue weighted by atomic mass is 9.94. The molecule has 0 radical (unpaired) electrons. The van der Waals surface area contributed by atoms with Crippen molar-refractivity contribution in [3.63, 3.8) is 0 Å². The lowest BCUT2D eigenvalue weighted by molar-refractivity contribution is 0.660. The quantitative estimate of drug-likeness (QED) is 0.868. The third-order valence-corrected chi connectivity index (χ3v) is 4.35. The van der Waals surface area contributed by atoms with E-state index < -0.39 is 0 Å². The van der Waals surface area contributed by atoms with Crippen molar-refractivity contribution in [2.24, 2.45) is 5.73 Å². The number of benzene rings is 2. The fourth-order valence-corrected chi connectivity index (χ4v) is 3.05. The van der Waals surface area contributed by atoms with Crippen LogP contribution in [-0.2, 0) is 12.8 Å². The average Bonchev–Trinajstić information content (AvgIpc) is 2.39. The summed E-state index contributed by atoms with van der Waals surface area (Å²) in [7, 11) is 0. The van der Waals surface area contributed by atoms with Gasteiger partial charge < -0.3 is 5.73 Å². The summed E-state index contributed by atoms with van der Waals surface area (Å²) in [5, 5.41) is 1.38. The SMILES string of the molecule is Cc1cccc(C)c1CC(N)Cc1c(Cl)cccc1Cl. The van der Waals surface area contributed by atoms with Crippen LogP contribution in [0.15, 0.2) is 36.4 Å². The molecule has 0 aliphatic rings. The second kappa shape index (κ2) is 6.62. The van der Waals surface area contributed by atoms with Crippen molar-refractivity contribution in [2.75, 3.05) is 0 Å². The van der Waals surface area contributed by atoms with Crippen molar-refractivity contribution in [1.82, 2.24) is 0 Å². The van der Waals surface area contributed by atoms with Gasteiger partial charge in [0, 0.05) is 16.1 Å².